The van der Waals surface area contributed by atoms with E-state index in [9.17, 15) is 4.79 Å². The molecule has 2 heterocycles. The molecule has 7 nitrogen and oxygen atoms in total. The molecule has 0 spiro atoms. The molecule has 170 valence electrons. The number of benzene rings is 2. The maximum atomic E-state index is 13.3. The molecule has 0 radical (unpaired) electrons. The Bertz CT molecular complexity index is 1440. The van der Waals surface area contributed by atoms with Gasteiger partial charge in [0, 0.05) is 47.6 Å². The van der Waals surface area contributed by atoms with E-state index in [4.69, 9.17) is 4.74 Å². The average Bonchev–Trinajstić information content (AvgIpc) is 3.51. The average molecular weight is 453 g/mol. The monoisotopic (exact) mass is 452 g/mol. The van der Waals surface area contributed by atoms with E-state index in [2.05, 4.69) is 26.1 Å². The normalized spacial score (nSPS) is 12.8. The number of nitrogens with one attached hydrogen (secondary N) is 1. The third-order valence-corrected chi connectivity index (χ3v) is 5.98. The lowest BCUT2D eigenvalue weighted by Crippen LogP contribution is -2.26. The third-order valence-electron chi connectivity index (χ3n) is 5.98. The van der Waals surface area contributed by atoms with E-state index in [1.54, 1.807) is 31.4 Å². The van der Waals surface area contributed by atoms with Gasteiger partial charge in [0.15, 0.2) is 0 Å². The molecule has 1 fully saturated rings. The van der Waals surface area contributed by atoms with Gasteiger partial charge in [-0.05, 0) is 55.7 Å². The molecule has 2 aromatic carbocycles. The first-order valence-corrected chi connectivity index (χ1v) is 11.3. The second-order valence-electron chi connectivity index (χ2n) is 8.63. The summed E-state index contributed by atoms with van der Waals surface area (Å²) in [6.07, 6.45) is 5.85. The Labute approximate surface area is 198 Å². The number of pyridine rings is 1. The van der Waals surface area contributed by atoms with Crippen LogP contribution in [0.25, 0.3) is 26.9 Å². The van der Waals surface area contributed by atoms with Crippen molar-refractivity contribution in [2.75, 3.05) is 14.1 Å². The zero-order valence-electron chi connectivity index (χ0n) is 19.5. The highest BCUT2D eigenvalue weighted by Crippen LogP contribution is 2.36. The number of carbonyl (C=O) groups excluding carboxylic acids is 1. The molecule has 0 atom stereocenters. The van der Waals surface area contributed by atoms with E-state index in [1.807, 2.05) is 49.4 Å². The third kappa shape index (κ3) is 4.35. The van der Waals surface area contributed by atoms with Gasteiger partial charge < -0.3 is 9.64 Å². The van der Waals surface area contributed by atoms with Gasteiger partial charge >= 0.3 is 6.07 Å². The number of aryl methyl sites for hydroxylation is 1. The van der Waals surface area contributed by atoms with Gasteiger partial charge in [0.25, 0.3) is 13.0 Å². The number of rotatable bonds is 6. The van der Waals surface area contributed by atoms with E-state index in [0.29, 0.717) is 12.1 Å². The summed E-state index contributed by atoms with van der Waals surface area (Å²) in [5, 5.41) is 8.14. The zero-order chi connectivity index (χ0) is 23.7. The molecule has 2 aromatic heterocycles. The number of fused-ring (bicyclic) bond motifs is 1. The zero-order valence-corrected chi connectivity index (χ0v) is 19.5. The minimum atomic E-state index is -0.0827. The fraction of sp³-hybridized carbons (Fsp3) is 0.259. The summed E-state index contributed by atoms with van der Waals surface area (Å²) in [6.45, 7) is 2.36. The van der Waals surface area contributed by atoms with Crippen molar-refractivity contribution >= 4 is 16.8 Å². The number of nitrogens with zero attached hydrogens (tertiary/aromatic N) is 4. The first kappa shape index (κ1) is 21.7. The summed E-state index contributed by atoms with van der Waals surface area (Å²) < 4.78 is 6.22. The molecule has 1 saturated carbocycles. The molecular weight excluding hydrogens is 426 g/mol. The van der Waals surface area contributed by atoms with Crippen LogP contribution in [0.4, 0.5) is 0 Å². The minimum absolute atomic E-state index is 0.0827. The van der Waals surface area contributed by atoms with Crippen LogP contribution in [0.2, 0.25) is 0 Å². The highest BCUT2D eigenvalue weighted by atomic mass is 16.5. The van der Waals surface area contributed by atoms with Crippen molar-refractivity contribution in [3.63, 3.8) is 0 Å². The Kier molecular flexibility index (Phi) is 5.72. The molecule has 0 aliphatic heterocycles. The van der Waals surface area contributed by atoms with Crippen molar-refractivity contribution in [1.82, 2.24) is 20.1 Å². The van der Waals surface area contributed by atoms with Crippen molar-refractivity contribution in [3.8, 4) is 22.9 Å². The Morgan fingerprint density at radius 1 is 1.24 bits per heavy atom. The molecule has 1 N–H and O–H groups in total. The van der Waals surface area contributed by atoms with Gasteiger partial charge in [0.05, 0.1) is 17.8 Å². The number of amides is 1. The molecule has 0 unspecified atom stereocenters. The van der Waals surface area contributed by atoms with Gasteiger partial charge in [0.1, 0.15) is 11.3 Å². The van der Waals surface area contributed by atoms with Gasteiger partial charge in [-0.2, -0.15) is 5.10 Å². The van der Waals surface area contributed by atoms with E-state index in [-0.39, 0.29) is 12.0 Å². The van der Waals surface area contributed by atoms with Crippen molar-refractivity contribution in [1.29, 1.82) is 0 Å². The predicted octanol–water partition coefficient (Wildman–Crippen LogP) is 5.06. The van der Waals surface area contributed by atoms with Crippen LogP contribution in [0.5, 0.6) is 5.75 Å². The van der Waals surface area contributed by atoms with Crippen LogP contribution in [0, 0.1) is 13.0 Å². The van der Waals surface area contributed by atoms with E-state index in [0.717, 1.165) is 57.4 Å². The van der Waals surface area contributed by atoms with Crippen molar-refractivity contribution in [2.45, 2.75) is 32.4 Å². The maximum Gasteiger partial charge on any atom is 0.310 e. The second-order valence-corrected chi connectivity index (χ2v) is 8.63. The second kappa shape index (κ2) is 8.99. The van der Waals surface area contributed by atoms with Crippen LogP contribution in [-0.2, 0) is 6.54 Å². The Hall–Kier alpha value is -4.18. The summed E-state index contributed by atoms with van der Waals surface area (Å²) in [6, 6.07) is 16.6. The van der Waals surface area contributed by atoms with Crippen molar-refractivity contribution in [2.24, 2.45) is 0 Å². The predicted molar refractivity (Wildman–Crippen MR) is 132 cm³/mol. The van der Waals surface area contributed by atoms with E-state index < -0.39 is 0 Å². The number of aromatic nitrogens is 3. The molecule has 4 aromatic rings. The number of H-pyrrole nitrogens is 1. The molecule has 0 saturated heterocycles. The van der Waals surface area contributed by atoms with E-state index in [1.165, 1.54) is 0 Å². The molecule has 0 bridgehead atoms. The first-order chi connectivity index (χ1) is 16.5. The quantitative estimate of drug-likeness (QED) is 0.444. The molecule has 5 rings (SSSR count). The lowest BCUT2D eigenvalue weighted by atomic mass is 10.00. The van der Waals surface area contributed by atoms with Crippen molar-refractivity contribution < 1.29 is 9.53 Å². The Morgan fingerprint density at radius 2 is 2.09 bits per heavy atom. The summed E-state index contributed by atoms with van der Waals surface area (Å²) in [7, 11) is 3.50. The number of hydrogen-bond donors (Lipinski definition) is 1. The summed E-state index contributed by atoms with van der Waals surface area (Å²) in [5.74, 6) is 0.640. The summed E-state index contributed by atoms with van der Waals surface area (Å²) >= 11 is 0. The Morgan fingerprint density at radius 3 is 2.88 bits per heavy atom. The van der Waals surface area contributed by atoms with Crippen LogP contribution in [0.15, 0.2) is 54.9 Å². The highest BCUT2D eigenvalue weighted by Gasteiger charge is 2.26. The fourth-order valence-corrected chi connectivity index (χ4v) is 4.02. The maximum absolute atomic E-state index is 13.3. The molecule has 1 aliphatic rings. The SMILES string of the molecule is C[N+]#Cc1cccc(-c2ccc(C(=O)N(C)Cc3cnc(C)c4cn[nH]c34)cc2OC2CC2)c1. The number of ether oxygens (including phenoxy) is 1. The number of aromatic amines is 1. The smallest absolute Gasteiger partial charge is 0.310 e. The molecule has 1 aliphatic carbocycles. The largest absolute Gasteiger partial charge is 0.490 e. The molecular formula is C27H26N5O2+. The lowest BCUT2D eigenvalue weighted by molar-refractivity contribution is 0.0785. The number of hydrogen-bond acceptors (Lipinski definition) is 4. The molecule has 7 heteroatoms. The van der Waals surface area contributed by atoms with Gasteiger partial charge in [-0.1, -0.05) is 17.0 Å². The topological polar surface area (TPSA) is 75.5 Å². The molecule has 1 amide bonds. The number of carbonyl (C=O) groups is 1. The van der Waals surface area contributed by atoms with Crippen LogP contribution in [0.3, 0.4) is 0 Å². The van der Waals surface area contributed by atoms with Crippen LogP contribution in [-0.4, -0.2) is 46.2 Å². The molecule has 34 heavy (non-hydrogen) atoms. The van der Waals surface area contributed by atoms with E-state index >= 15 is 0 Å². The van der Waals surface area contributed by atoms with Gasteiger partial charge in [-0.15, -0.1) is 0 Å². The van der Waals surface area contributed by atoms with Gasteiger partial charge in [-0.25, -0.2) is 0 Å². The summed E-state index contributed by atoms with van der Waals surface area (Å²) in [4.78, 5) is 23.5. The first-order valence-electron chi connectivity index (χ1n) is 11.3. The minimum Gasteiger partial charge on any atom is -0.490 e. The van der Waals surface area contributed by atoms with Crippen LogP contribution >= 0.6 is 0 Å². The fourth-order valence-electron chi connectivity index (χ4n) is 4.02. The van der Waals surface area contributed by atoms with Gasteiger partial charge in [0.2, 0.25) is 0 Å². The van der Waals surface area contributed by atoms with Crippen LogP contribution in [0.1, 0.15) is 40.0 Å². The lowest BCUT2D eigenvalue weighted by Gasteiger charge is -2.19. The van der Waals surface area contributed by atoms with Crippen LogP contribution < -0.4 is 4.74 Å². The standard InChI is InChI=1S/C27H26N5O2/c1-17-24-15-30-31-26(24)21(14-29-17)16-32(3)27(33)20-7-10-23(25(12-20)34-22-8-9-22)19-6-4-5-18(11-19)13-28-2/h4-7,10-12,14-15,22H,8-9,16H2,1-3H3,(H,30,31)/q+1. The highest BCUT2D eigenvalue weighted by molar-refractivity contribution is 5.96. The Balaban J connectivity index is 1.44. The summed E-state index contributed by atoms with van der Waals surface area (Å²) in [5.41, 5.74) is 6.18. The van der Waals surface area contributed by atoms with Crippen molar-refractivity contribution in [3.05, 3.63) is 82.1 Å². The van der Waals surface area contributed by atoms with Gasteiger partial charge in [-0.3, -0.25) is 14.9 Å².